The highest BCUT2D eigenvalue weighted by Gasteiger charge is 2.47. The largest absolute Gasteiger partial charge is 0.338 e. The van der Waals surface area contributed by atoms with Crippen LogP contribution in [-0.4, -0.2) is 51.9 Å². The van der Waals surface area contributed by atoms with Gasteiger partial charge >= 0.3 is 0 Å². The van der Waals surface area contributed by atoms with Gasteiger partial charge in [-0.1, -0.05) is 11.6 Å². The van der Waals surface area contributed by atoms with E-state index < -0.39 is 0 Å². The van der Waals surface area contributed by atoms with Crippen LogP contribution in [0.2, 0.25) is 5.02 Å². The Morgan fingerprint density at radius 3 is 2.11 bits per heavy atom. The molecular formula is C21H20ClFN2O2S. The smallest absolute Gasteiger partial charge is 0.254 e. The fourth-order valence-electron chi connectivity index (χ4n) is 3.89. The van der Waals surface area contributed by atoms with Gasteiger partial charge in [0.25, 0.3) is 11.8 Å². The van der Waals surface area contributed by atoms with E-state index in [9.17, 15) is 14.0 Å². The van der Waals surface area contributed by atoms with Crippen molar-refractivity contribution < 1.29 is 14.0 Å². The standard InChI is InChI=1S/C21H20ClFN2O2S/c22-17-5-1-16(2-6-17)20(27)25-13-14-28-21(25)9-11-24(12-10-21)19(26)15-3-7-18(23)8-4-15/h1-8H,9-14H2. The van der Waals surface area contributed by atoms with Gasteiger partial charge in [0, 0.05) is 41.5 Å². The molecule has 0 saturated carbocycles. The summed E-state index contributed by atoms with van der Waals surface area (Å²) in [5, 5.41) is 0.606. The summed E-state index contributed by atoms with van der Waals surface area (Å²) in [6.45, 7) is 1.86. The highest BCUT2D eigenvalue weighted by atomic mass is 35.5. The number of amides is 2. The van der Waals surface area contributed by atoms with Gasteiger partial charge in [-0.05, 0) is 61.4 Å². The van der Waals surface area contributed by atoms with Gasteiger partial charge in [-0.3, -0.25) is 9.59 Å². The van der Waals surface area contributed by atoms with Crippen molar-refractivity contribution in [3.63, 3.8) is 0 Å². The van der Waals surface area contributed by atoms with Crippen LogP contribution in [0, 0.1) is 5.82 Å². The highest BCUT2D eigenvalue weighted by Crippen LogP contribution is 2.44. The quantitative estimate of drug-likeness (QED) is 0.730. The van der Waals surface area contributed by atoms with Crippen molar-refractivity contribution in [3.05, 3.63) is 70.5 Å². The van der Waals surface area contributed by atoms with E-state index in [1.165, 1.54) is 24.3 Å². The van der Waals surface area contributed by atoms with E-state index in [2.05, 4.69) is 0 Å². The molecule has 2 heterocycles. The van der Waals surface area contributed by atoms with Crippen LogP contribution < -0.4 is 0 Å². The van der Waals surface area contributed by atoms with Crippen molar-refractivity contribution in [1.29, 1.82) is 0 Å². The number of carbonyl (C=O) groups is 2. The molecule has 2 aliphatic heterocycles. The minimum atomic E-state index is -0.354. The van der Waals surface area contributed by atoms with Crippen LogP contribution in [0.3, 0.4) is 0 Å². The topological polar surface area (TPSA) is 40.6 Å². The summed E-state index contributed by atoms with van der Waals surface area (Å²) in [6, 6.07) is 12.6. The Morgan fingerprint density at radius 2 is 1.46 bits per heavy atom. The second-order valence-corrected chi connectivity index (χ2v) is 8.95. The fraction of sp³-hybridized carbons (Fsp3) is 0.333. The van der Waals surface area contributed by atoms with Crippen molar-refractivity contribution >= 4 is 35.2 Å². The number of hydrogen-bond donors (Lipinski definition) is 0. The number of piperidine rings is 1. The summed E-state index contributed by atoms with van der Waals surface area (Å²) in [5.74, 6) is 0.465. The number of halogens is 2. The molecule has 0 aromatic heterocycles. The molecule has 2 amide bonds. The molecule has 146 valence electrons. The van der Waals surface area contributed by atoms with Crippen LogP contribution in [0.1, 0.15) is 33.6 Å². The zero-order chi connectivity index (χ0) is 19.7. The molecule has 4 rings (SSSR count). The molecule has 2 fully saturated rings. The molecule has 0 aliphatic carbocycles. The molecule has 2 aromatic rings. The third-order valence-electron chi connectivity index (χ3n) is 5.44. The number of rotatable bonds is 2. The maximum atomic E-state index is 13.1. The molecule has 1 spiro atoms. The SMILES string of the molecule is O=C(c1ccc(F)cc1)N1CCC2(CC1)SCCN2C(=O)c1ccc(Cl)cc1. The molecule has 0 atom stereocenters. The fourth-order valence-corrected chi connectivity index (χ4v) is 5.47. The molecule has 2 aromatic carbocycles. The van der Waals surface area contributed by atoms with Gasteiger partial charge < -0.3 is 9.80 Å². The average Bonchev–Trinajstić information content (AvgIpc) is 3.11. The highest BCUT2D eigenvalue weighted by molar-refractivity contribution is 8.00. The first-order valence-corrected chi connectivity index (χ1v) is 10.6. The molecule has 0 radical (unpaired) electrons. The van der Waals surface area contributed by atoms with Crippen LogP contribution in [0.5, 0.6) is 0 Å². The first-order valence-electron chi connectivity index (χ1n) is 9.25. The maximum Gasteiger partial charge on any atom is 0.254 e. The number of likely N-dealkylation sites (tertiary alicyclic amines) is 1. The van der Waals surface area contributed by atoms with E-state index in [1.54, 1.807) is 40.9 Å². The Hall–Kier alpha value is -2.05. The van der Waals surface area contributed by atoms with Crippen molar-refractivity contribution in [2.75, 3.05) is 25.4 Å². The van der Waals surface area contributed by atoms with E-state index in [-0.39, 0.29) is 22.5 Å². The summed E-state index contributed by atoms with van der Waals surface area (Å²) in [4.78, 5) is 29.2. The normalized spacial score (nSPS) is 18.5. The Bertz CT molecular complexity index is 880. The molecule has 0 unspecified atom stereocenters. The van der Waals surface area contributed by atoms with Gasteiger partial charge in [0.15, 0.2) is 0 Å². The van der Waals surface area contributed by atoms with Crippen LogP contribution in [0.4, 0.5) is 4.39 Å². The minimum absolute atomic E-state index is 0.0139. The summed E-state index contributed by atoms with van der Waals surface area (Å²) >= 11 is 7.74. The number of benzene rings is 2. The molecular weight excluding hydrogens is 399 g/mol. The third-order valence-corrected chi connectivity index (χ3v) is 7.24. The number of thioether (sulfide) groups is 1. The van der Waals surface area contributed by atoms with Gasteiger partial charge in [0.05, 0.1) is 4.87 Å². The van der Waals surface area contributed by atoms with Crippen molar-refractivity contribution in [3.8, 4) is 0 Å². The maximum absolute atomic E-state index is 13.1. The van der Waals surface area contributed by atoms with Crippen molar-refractivity contribution in [1.82, 2.24) is 9.80 Å². The Morgan fingerprint density at radius 1 is 0.893 bits per heavy atom. The number of nitrogens with zero attached hydrogens (tertiary/aromatic N) is 2. The van der Waals surface area contributed by atoms with Crippen LogP contribution in [-0.2, 0) is 0 Å². The molecule has 7 heteroatoms. The average molecular weight is 419 g/mol. The Kier molecular flexibility index (Phi) is 5.34. The van der Waals surface area contributed by atoms with E-state index in [0.717, 1.165) is 18.6 Å². The molecule has 0 N–H and O–H groups in total. The first kappa shape index (κ1) is 19.3. The van der Waals surface area contributed by atoms with Crippen molar-refractivity contribution in [2.45, 2.75) is 17.7 Å². The third kappa shape index (κ3) is 3.63. The lowest BCUT2D eigenvalue weighted by molar-refractivity contribution is 0.0498. The van der Waals surface area contributed by atoms with Crippen LogP contribution in [0.15, 0.2) is 48.5 Å². The summed E-state index contributed by atoms with van der Waals surface area (Å²) in [6.07, 6.45) is 1.45. The summed E-state index contributed by atoms with van der Waals surface area (Å²) in [5.41, 5.74) is 1.13. The molecule has 0 bridgehead atoms. The lowest BCUT2D eigenvalue weighted by Gasteiger charge is -2.44. The summed E-state index contributed by atoms with van der Waals surface area (Å²) in [7, 11) is 0. The van der Waals surface area contributed by atoms with Gasteiger partial charge in [0.2, 0.25) is 0 Å². The van der Waals surface area contributed by atoms with E-state index in [1.807, 2.05) is 4.90 Å². The molecule has 4 nitrogen and oxygen atoms in total. The minimum Gasteiger partial charge on any atom is -0.338 e. The lowest BCUT2D eigenvalue weighted by Crippen LogP contribution is -2.53. The predicted molar refractivity (Wildman–Crippen MR) is 109 cm³/mol. The second kappa shape index (κ2) is 7.76. The summed E-state index contributed by atoms with van der Waals surface area (Å²) < 4.78 is 13.1. The van der Waals surface area contributed by atoms with Crippen molar-refractivity contribution in [2.24, 2.45) is 0 Å². The molecule has 28 heavy (non-hydrogen) atoms. The second-order valence-electron chi connectivity index (χ2n) is 7.06. The van der Waals surface area contributed by atoms with E-state index in [0.29, 0.717) is 35.8 Å². The van der Waals surface area contributed by atoms with E-state index >= 15 is 0 Å². The Balaban J connectivity index is 1.46. The first-order chi connectivity index (χ1) is 13.5. The Labute approximate surface area is 172 Å². The zero-order valence-corrected chi connectivity index (χ0v) is 16.8. The predicted octanol–water partition coefficient (Wildman–Crippen LogP) is 4.30. The zero-order valence-electron chi connectivity index (χ0n) is 15.2. The lowest BCUT2D eigenvalue weighted by atomic mass is 10.00. The van der Waals surface area contributed by atoms with Gasteiger partial charge in [0.1, 0.15) is 5.82 Å². The van der Waals surface area contributed by atoms with Crippen LogP contribution >= 0.6 is 23.4 Å². The van der Waals surface area contributed by atoms with E-state index in [4.69, 9.17) is 11.6 Å². The number of carbonyl (C=O) groups excluding carboxylic acids is 2. The van der Waals surface area contributed by atoms with Gasteiger partial charge in [-0.25, -0.2) is 4.39 Å². The number of hydrogen-bond acceptors (Lipinski definition) is 3. The van der Waals surface area contributed by atoms with Crippen LogP contribution in [0.25, 0.3) is 0 Å². The molecule has 2 aliphatic rings. The molecule has 2 saturated heterocycles. The monoisotopic (exact) mass is 418 g/mol. The van der Waals surface area contributed by atoms with Gasteiger partial charge in [-0.15, -0.1) is 11.8 Å². The van der Waals surface area contributed by atoms with Gasteiger partial charge in [-0.2, -0.15) is 0 Å².